The van der Waals surface area contributed by atoms with E-state index in [9.17, 15) is 36.1 Å². The topological polar surface area (TPSA) is 89.5 Å². The molecule has 7 nitrogen and oxygen atoms in total. The summed E-state index contributed by atoms with van der Waals surface area (Å²) >= 11 is 0. The molecule has 0 radical (unpaired) electrons. The van der Waals surface area contributed by atoms with Crippen molar-refractivity contribution in [2.24, 2.45) is 0 Å². The molecule has 0 atom stereocenters. The second-order valence-corrected chi connectivity index (χ2v) is 6.42. The first-order valence-electron chi connectivity index (χ1n) is 5.57. The van der Waals surface area contributed by atoms with Gasteiger partial charge in [0.05, 0.1) is 26.6 Å². The van der Waals surface area contributed by atoms with E-state index in [2.05, 4.69) is 0 Å². The number of aliphatic carboxylic acids is 1. The lowest BCUT2D eigenvalue weighted by atomic mass is 10.3. The fourth-order valence-corrected chi connectivity index (χ4v) is 2.40. The van der Waals surface area contributed by atoms with E-state index < -0.39 is 39.0 Å². The molecule has 21 heavy (non-hydrogen) atoms. The molecule has 12 heteroatoms. The Balaban J connectivity index is 4.54. The molecule has 0 aliphatic heterocycles. The molecule has 0 unspecified atom stereocenters. The van der Waals surface area contributed by atoms with E-state index in [1.807, 2.05) is 0 Å². The highest BCUT2D eigenvalue weighted by Gasteiger charge is 2.30. The van der Waals surface area contributed by atoms with E-state index in [4.69, 9.17) is 0 Å². The summed E-state index contributed by atoms with van der Waals surface area (Å²) in [6.45, 7) is -0.565. The monoisotopic (exact) mass is 337 g/mol. The van der Waals surface area contributed by atoms with Crippen LogP contribution in [0.3, 0.4) is 0 Å². The Morgan fingerprint density at radius 3 is 2.19 bits per heavy atom. The Labute approximate surface area is 118 Å². The molecule has 0 bridgehead atoms. The first-order valence-corrected chi connectivity index (χ1v) is 7.06. The summed E-state index contributed by atoms with van der Waals surface area (Å²) < 4.78 is 72.5. The summed E-state index contributed by atoms with van der Waals surface area (Å²) in [4.78, 5) is 10.4. The number of rotatable bonds is 9. The van der Waals surface area contributed by atoms with Gasteiger partial charge in [0.2, 0.25) is 0 Å². The van der Waals surface area contributed by atoms with E-state index >= 15 is 0 Å². The molecule has 0 aromatic rings. The van der Waals surface area contributed by atoms with Gasteiger partial charge in [0.15, 0.2) is 0 Å². The summed E-state index contributed by atoms with van der Waals surface area (Å²) in [5.74, 6) is -1.31. The van der Waals surface area contributed by atoms with Crippen LogP contribution in [-0.4, -0.2) is 57.9 Å². The predicted molar refractivity (Wildman–Crippen MR) is 61.7 cm³/mol. The molecule has 0 aromatic carbocycles. The maximum absolute atomic E-state index is 12.2. The largest absolute Gasteiger partial charge is 0.544 e. The third kappa shape index (κ3) is 7.24. The highest BCUT2D eigenvalue weighted by atomic mass is 32.2. The number of sulfonamides is 1. The first-order chi connectivity index (χ1) is 9.39. The van der Waals surface area contributed by atoms with Gasteiger partial charge in [-0.2, -0.15) is 8.78 Å². The maximum atomic E-state index is 12.2. The number of carboxylic acid groups (broad SMARTS) is 1. The third-order valence-electron chi connectivity index (χ3n) is 2.36. The number of halogens is 4. The summed E-state index contributed by atoms with van der Waals surface area (Å²) in [6, 6.07) is 0. The van der Waals surface area contributed by atoms with Gasteiger partial charge in [-0.1, -0.05) is 8.96 Å². The molecule has 0 heterocycles. The SMILES string of the molecule is C[N+](C)(CCCNS(=O)(=O)C(=C(F)F)N(F)F)CC(=O)[O-]. The average molecular weight is 337 g/mol. The number of hydrogen-bond donors (Lipinski definition) is 1. The summed E-state index contributed by atoms with van der Waals surface area (Å²) in [5, 5.41) is 5.83. The summed E-state index contributed by atoms with van der Waals surface area (Å²) in [5.41, 5.74) is 0. The molecule has 0 fully saturated rings. The van der Waals surface area contributed by atoms with Crippen LogP contribution < -0.4 is 9.83 Å². The third-order valence-corrected chi connectivity index (χ3v) is 3.74. The van der Waals surface area contributed by atoms with Gasteiger partial charge in [0.1, 0.15) is 6.54 Å². The predicted octanol–water partition coefficient (Wildman–Crippen LogP) is -0.741. The summed E-state index contributed by atoms with van der Waals surface area (Å²) in [6.07, 6.45) is -2.99. The second kappa shape index (κ2) is 7.56. The molecule has 124 valence electrons. The molecule has 0 saturated heterocycles. The van der Waals surface area contributed by atoms with Crippen molar-refractivity contribution in [1.82, 2.24) is 10.1 Å². The van der Waals surface area contributed by atoms with Crippen molar-refractivity contribution in [2.45, 2.75) is 6.42 Å². The Hall–Kier alpha value is -1.40. The maximum Gasteiger partial charge on any atom is 0.312 e. The van der Waals surface area contributed by atoms with Crippen molar-refractivity contribution >= 4 is 16.0 Å². The minimum Gasteiger partial charge on any atom is -0.544 e. The molecule has 0 amide bonds. The second-order valence-electron chi connectivity index (χ2n) is 4.74. The van der Waals surface area contributed by atoms with E-state index in [1.165, 1.54) is 14.1 Å². The Morgan fingerprint density at radius 2 is 1.81 bits per heavy atom. The van der Waals surface area contributed by atoms with Crippen LogP contribution >= 0.6 is 0 Å². The van der Waals surface area contributed by atoms with Gasteiger partial charge in [-0.25, -0.2) is 13.1 Å². The average Bonchev–Trinajstić information content (AvgIpc) is 2.20. The minimum atomic E-state index is -5.04. The molecule has 0 rings (SSSR count). The van der Waals surface area contributed by atoms with E-state index in [0.717, 1.165) is 0 Å². The van der Waals surface area contributed by atoms with Crippen LogP contribution in [0.5, 0.6) is 0 Å². The summed E-state index contributed by atoms with van der Waals surface area (Å²) in [7, 11) is -1.98. The molecule has 1 N–H and O–H groups in total. The van der Waals surface area contributed by atoms with Gasteiger partial charge < -0.3 is 14.4 Å². The molecular weight excluding hydrogens is 322 g/mol. The van der Waals surface area contributed by atoms with Gasteiger partial charge >= 0.3 is 6.08 Å². The zero-order valence-corrected chi connectivity index (χ0v) is 12.1. The Kier molecular flexibility index (Phi) is 7.06. The van der Waals surface area contributed by atoms with Gasteiger partial charge in [0.25, 0.3) is 15.1 Å². The van der Waals surface area contributed by atoms with Crippen molar-refractivity contribution in [3.63, 3.8) is 0 Å². The Morgan fingerprint density at radius 1 is 1.29 bits per heavy atom. The number of likely N-dealkylation sites (N-methyl/N-ethyl adjacent to an activating group) is 1. The van der Waals surface area contributed by atoms with E-state index in [1.54, 1.807) is 4.72 Å². The molecule has 0 saturated carbocycles. The van der Waals surface area contributed by atoms with Crippen LogP contribution in [0, 0.1) is 0 Å². The van der Waals surface area contributed by atoms with E-state index in [0.29, 0.717) is 0 Å². The molecule has 0 aromatic heterocycles. The number of nitrogens with zero attached hydrogens (tertiary/aromatic N) is 2. The van der Waals surface area contributed by atoms with Gasteiger partial charge in [-0.15, -0.1) is 0 Å². The van der Waals surface area contributed by atoms with Crippen LogP contribution in [0.2, 0.25) is 0 Å². The van der Waals surface area contributed by atoms with Crippen LogP contribution in [0.25, 0.3) is 0 Å². The first kappa shape index (κ1) is 19.6. The lowest BCUT2D eigenvalue weighted by molar-refractivity contribution is -0.884. The van der Waals surface area contributed by atoms with Crippen molar-refractivity contribution in [3.8, 4) is 0 Å². The smallest absolute Gasteiger partial charge is 0.312 e. The van der Waals surface area contributed by atoms with Gasteiger partial charge in [0, 0.05) is 13.0 Å². The lowest BCUT2D eigenvalue weighted by Crippen LogP contribution is -2.49. The highest BCUT2D eigenvalue weighted by molar-refractivity contribution is 7.93. The molecular formula is C9H15F4N3O4S. The van der Waals surface area contributed by atoms with E-state index in [-0.39, 0.29) is 24.0 Å². The zero-order valence-electron chi connectivity index (χ0n) is 11.3. The number of nitrogens with one attached hydrogen (secondary N) is 1. The lowest BCUT2D eigenvalue weighted by Gasteiger charge is -2.30. The quantitative estimate of drug-likeness (QED) is 0.259. The van der Waals surface area contributed by atoms with Crippen molar-refractivity contribution < 1.29 is 40.5 Å². The number of carboxylic acids is 1. The molecule has 0 aliphatic carbocycles. The van der Waals surface area contributed by atoms with Crippen molar-refractivity contribution in [2.75, 3.05) is 33.7 Å². The highest BCUT2D eigenvalue weighted by Crippen LogP contribution is 2.19. The Bertz CT molecular complexity index is 503. The van der Waals surface area contributed by atoms with Gasteiger partial charge in [-0.3, -0.25) is 0 Å². The van der Waals surface area contributed by atoms with Crippen LogP contribution in [-0.2, 0) is 14.8 Å². The minimum absolute atomic E-state index is 0.0391. The molecule has 0 aliphatic rings. The number of carbonyl (C=O) groups is 1. The fourth-order valence-electron chi connectivity index (χ4n) is 1.47. The zero-order chi connectivity index (χ0) is 16.8. The fraction of sp³-hybridized carbons (Fsp3) is 0.667. The number of hydrogen-bond acceptors (Lipinski definition) is 5. The van der Waals surface area contributed by atoms with Gasteiger partial charge in [-0.05, 0) is 5.34 Å². The standard InChI is InChI=1S/C9H15F4N3O4S/c1-16(2,6-7(17)18)5-3-4-14-21(19,20)9(8(10)11)15(12)13/h14H,3-6H2,1-2H3. The normalized spacial score (nSPS) is 12.1. The van der Waals surface area contributed by atoms with Crippen molar-refractivity contribution in [1.29, 1.82) is 0 Å². The molecule has 0 spiro atoms. The number of quaternary nitrogens is 1. The van der Waals surface area contributed by atoms with Crippen LogP contribution in [0.15, 0.2) is 11.1 Å². The number of carbonyl (C=O) groups excluding carboxylic acids is 1. The van der Waals surface area contributed by atoms with Crippen LogP contribution in [0.4, 0.5) is 17.7 Å². The van der Waals surface area contributed by atoms with Crippen molar-refractivity contribution in [3.05, 3.63) is 11.1 Å². The van der Waals surface area contributed by atoms with Crippen LogP contribution in [0.1, 0.15) is 6.42 Å².